The van der Waals surface area contributed by atoms with E-state index in [0.717, 1.165) is 34.4 Å². The second kappa shape index (κ2) is 8.58. The van der Waals surface area contributed by atoms with Gasteiger partial charge in [-0.2, -0.15) is 13.2 Å². The van der Waals surface area contributed by atoms with Gasteiger partial charge in [0.1, 0.15) is 6.67 Å². The molecule has 0 aliphatic heterocycles. The highest BCUT2D eigenvalue weighted by Gasteiger charge is 2.29. The number of hydrogen-bond acceptors (Lipinski definition) is 4. The van der Waals surface area contributed by atoms with E-state index < -0.39 is 18.4 Å². The van der Waals surface area contributed by atoms with Gasteiger partial charge in [-0.3, -0.25) is 0 Å². The first kappa shape index (κ1) is 19.4. The minimum atomic E-state index is -4.34. The summed E-state index contributed by atoms with van der Waals surface area (Å²) < 4.78 is 53.3. The molecule has 3 rings (SSSR count). The average molecular weight is 395 g/mol. The molecule has 0 bridgehead atoms. The molecule has 1 heterocycles. The first-order chi connectivity index (χ1) is 13.0. The second-order valence-electron chi connectivity index (χ2n) is 5.77. The number of para-hydroxylation sites is 1. The molecule has 0 amide bonds. The van der Waals surface area contributed by atoms with Crippen LogP contribution in [0.4, 0.5) is 23.2 Å². The van der Waals surface area contributed by atoms with Crippen molar-refractivity contribution in [1.29, 1.82) is 0 Å². The van der Waals surface area contributed by atoms with Crippen LogP contribution < -0.4 is 10.0 Å². The van der Waals surface area contributed by atoms with E-state index in [9.17, 15) is 17.6 Å². The molecule has 0 aliphatic carbocycles. The quantitative estimate of drug-likeness (QED) is 0.318. The predicted octanol–water partition coefficient (Wildman–Crippen LogP) is 5.43. The zero-order valence-electron chi connectivity index (χ0n) is 14.2. The Morgan fingerprint density at radius 2 is 1.74 bits per heavy atom. The third-order valence-corrected chi connectivity index (χ3v) is 4.65. The Labute approximate surface area is 158 Å². The van der Waals surface area contributed by atoms with Crippen LogP contribution in [0.5, 0.6) is 0 Å². The van der Waals surface area contributed by atoms with E-state index in [0.29, 0.717) is 11.4 Å². The largest absolute Gasteiger partial charge is 0.416 e. The number of alkyl halides is 4. The first-order valence-corrected chi connectivity index (χ1v) is 9.04. The summed E-state index contributed by atoms with van der Waals surface area (Å²) in [7, 11) is 0. The molecular formula is C19H17F4N3S. The summed E-state index contributed by atoms with van der Waals surface area (Å²) >= 11 is 1.21. The molecule has 142 valence electrons. The number of nitrogens with one attached hydrogen (secondary N) is 2. The lowest BCUT2D eigenvalue weighted by atomic mass is 10.2. The van der Waals surface area contributed by atoms with Crippen LogP contribution in [0.2, 0.25) is 0 Å². The Hall–Kier alpha value is -2.32. The van der Waals surface area contributed by atoms with Crippen molar-refractivity contribution in [2.24, 2.45) is 0 Å². The number of fused-ring (bicyclic) bond motifs is 1. The van der Waals surface area contributed by atoms with Crippen molar-refractivity contribution in [3.8, 4) is 0 Å². The van der Waals surface area contributed by atoms with Crippen LogP contribution in [0, 0.1) is 0 Å². The molecule has 1 aromatic heterocycles. The summed E-state index contributed by atoms with van der Waals surface area (Å²) in [5, 5.41) is 3.89. The topological polar surface area (TPSA) is 37.0 Å². The molecule has 0 saturated heterocycles. The Kier molecular flexibility index (Phi) is 6.18. The summed E-state index contributed by atoms with van der Waals surface area (Å²) in [6.45, 7) is 0.285. The van der Waals surface area contributed by atoms with Crippen LogP contribution in [-0.2, 0) is 12.7 Å². The maximum atomic E-state index is 12.6. The van der Waals surface area contributed by atoms with Gasteiger partial charge >= 0.3 is 6.18 Å². The molecule has 0 atom stereocenters. The van der Waals surface area contributed by atoms with Gasteiger partial charge in [0.25, 0.3) is 0 Å². The van der Waals surface area contributed by atoms with Crippen LogP contribution in [-0.4, -0.2) is 18.2 Å². The van der Waals surface area contributed by atoms with Gasteiger partial charge in [0.15, 0.2) is 0 Å². The number of hydrogen-bond donors (Lipinski definition) is 2. The number of aromatic nitrogens is 1. The van der Waals surface area contributed by atoms with Crippen molar-refractivity contribution < 1.29 is 17.6 Å². The van der Waals surface area contributed by atoms with Crippen LogP contribution in [0.3, 0.4) is 0 Å². The molecular weight excluding hydrogens is 378 g/mol. The Morgan fingerprint density at radius 1 is 0.963 bits per heavy atom. The second-order valence-corrected chi connectivity index (χ2v) is 6.65. The van der Waals surface area contributed by atoms with E-state index >= 15 is 0 Å². The summed E-state index contributed by atoms with van der Waals surface area (Å²) in [6.07, 6.45) is -4.34. The Morgan fingerprint density at radius 3 is 2.44 bits per heavy atom. The first-order valence-electron chi connectivity index (χ1n) is 8.23. The van der Waals surface area contributed by atoms with E-state index in [-0.39, 0.29) is 6.54 Å². The molecule has 8 heteroatoms. The maximum Gasteiger partial charge on any atom is 0.416 e. The third-order valence-electron chi connectivity index (χ3n) is 3.82. The van der Waals surface area contributed by atoms with Gasteiger partial charge in [0.2, 0.25) is 0 Å². The van der Waals surface area contributed by atoms with E-state index in [2.05, 4.69) is 15.0 Å². The smallest absolute Gasteiger partial charge is 0.324 e. The minimum Gasteiger partial charge on any atom is -0.324 e. The molecule has 3 nitrogen and oxygen atoms in total. The van der Waals surface area contributed by atoms with Crippen molar-refractivity contribution >= 4 is 28.5 Å². The fraction of sp³-hybridized carbons (Fsp3) is 0.211. The van der Waals surface area contributed by atoms with Crippen LogP contribution in [0.1, 0.15) is 11.3 Å². The summed E-state index contributed by atoms with van der Waals surface area (Å²) in [5.74, 6) is 0. The summed E-state index contributed by atoms with van der Waals surface area (Å²) in [6, 6.07) is 14.4. The molecule has 3 aromatic rings. The summed E-state index contributed by atoms with van der Waals surface area (Å²) in [5.41, 5.74) is 1.61. The molecule has 0 spiro atoms. The number of anilines is 1. The number of halogens is 4. The Bertz CT molecular complexity index is 898. The number of benzene rings is 2. The van der Waals surface area contributed by atoms with E-state index in [4.69, 9.17) is 0 Å². The van der Waals surface area contributed by atoms with Gasteiger partial charge in [0.05, 0.1) is 22.5 Å². The van der Waals surface area contributed by atoms with Crippen LogP contribution in [0.25, 0.3) is 10.9 Å². The lowest BCUT2D eigenvalue weighted by Gasteiger charge is -2.11. The normalized spacial score (nSPS) is 11.7. The van der Waals surface area contributed by atoms with Gasteiger partial charge in [-0.1, -0.05) is 18.2 Å². The van der Waals surface area contributed by atoms with Crippen molar-refractivity contribution in [1.82, 2.24) is 10.3 Å². The van der Waals surface area contributed by atoms with E-state index in [1.807, 2.05) is 30.3 Å². The van der Waals surface area contributed by atoms with Gasteiger partial charge in [-0.05, 0) is 48.3 Å². The highest BCUT2D eigenvalue weighted by atomic mass is 32.2. The minimum absolute atomic E-state index is 0.267. The zero-order chi connectivity index (χ0) is 19.3. The average Bonchev–Trinajstić information content (AvgIpc) is 2.66. The van der Waals surface area contributed by atoms with Gasteiger partial charge < -0.3 is 10.0 Å². The summed E-state index contributed by atoms with van der Waals surface area (Å²) in [4.78, 5) is 5.25. The van der Waals surface area contributed by atoms with E-state index in [1.54, 1.807) is 0 Å². The molecule has 0 unspecified atom stereocenters. The standard InChI is InChI=1S/C19H17F4N3S/c20-10-11-24-12-15-7-4-13-2-1-3-17(18(13)25-15)26-27-16-8-5-14(6-9-16)19(21,22)23/h1-9,24,26H,10-12H2. The molecule has 0 radical (unpaired) electrons. The molecule has 27 heavy (non-hydrogen) atoms. The fourth-order valence-corrected chi connectivity index (χ4v) is 3.14. The number of pyridine rings is 1. The van der Waals surface area contributed by atoms with Gasteiger partial charge in [-0.15, -0.1) is 0 Å². The number of rotatable bonds is 7. The van der Waals surface area contributed by atoms with Crippen LogP contribution >= 0.6 is 11.9 Å². The lowest BCUT2D eigenvalue weighted by molar-refractivity contribution is -0.137. The monoisotopic (exact) mass is 395 g/mol. The van der Waals surface area contributed by atoms with Crippen LogP contribution in [0.15, 0.2) is 59.5 Å². The van der Waals surface area contributed by atoms with Gasteiger partial charge in [-0.25, -0.2) is 9.37 Å². The highest BCUT2D eigenvalue weighted by molar-refractivity contribution is 8.00. The maximum absolute atomic E-state index is 12.6. The molecule has 0 saturated carbocycles. The van der Waals surface area contributed by atoms with E-state index in [1.165, 1.54) is 24.1 Å². The fourth-order valence-electron chi connectivity index (χ4n) is 2.48. The molecule has 0 fully saturated rings. The Balaban J connectivity index is 1.75. The van der Waals surface area contributed by atoms with Crippen molar-refractivity contribution in [2.75, 3.05) is 17.9 Å². The zero-order valence-corrected chi connectivity index (χ0v) is 15.0. The van der Waals surface area contributed by atoms with Crippen molar-refractivity contribution in [2.45, 2.75) is 17.6 Å². The van der Waals surface area contributed by atoms with Crippen molar-refractivity contribution in [3.05, 3.63) is 65.9 Å². The van der Waals surface area contributed by atoms with Crippen molar-refractivity contribution in [3.63, 3.8) is 0 Å². The van der Waals surface area contributed by atoms with Gasteiger partial charge in [0, 0.05) is 23.4 Å². The molecule has 0 aliphatic rings. The predicted molar refractivity (Wildman–Crippen MR) is 100 cm³/mol. The lowest BCUT2D eigenvalue weighted by Crippen LogP contribution is -2.16. The highest BCUT2D eigenvalue weighted by Crippen LogP contribution is 2.32. The third kappa shape index (κ3) is 5.11. The SMILES string of the molecule is FCCNCc1ccc2cccc(NSc3ccc(C(F)(F)F)cc3)c2n1. The molecule has 2 aromatic carbocycles. The molecule has 2 N–H and O–H groups in total. The number of nitrogens with zero attached hydrogens (tertiary/aromatic N) is 1.